The largest absolute Gasteiger partial charge is 0.485 e. The molecule has 0 N–H and O–H groups in total. The molecule has 2 aromatic rings. The van der Waals surface area contributed by atoms with Crippen molar-refractivity contribution < 1.29 is 13.9 Å². The number of hydrogen-bond donors (Lipinski definition) is 0. The molecule has 2 nitrogen and oxygen atoms in total. The molecule has 0 aromatic heterocycles. The summed E-state index contributed by atoms with van der Waals surface area (Å²) < 4.78 is 18.8. The lowest BCUT2D eigenvalue weighted by molar-refractivity contribution is 0.0921. The van der Waals surface area contributed by atoms with E-state index in [1.807, 2.05) is 12.1 Å². The third-order valence-corrected chi connectivity index (χ3v) is 4.17. The normalized spacial score (nSPS) is 13.5. The Bertz CT molecular complexity index is 707. The quantitative estimate of drug-likeness (QED) is 0.788. The number of halogens is 1. The number of benzene rings is 2. The molecule has 1 aliphatic rings. The number of Topliss-reactive ketones (excluding diaryl/α,β-unsaturated/α-hetero) is 1. The van der Waals surface area contributed by atoms with Gasteiger partial charge in [0, 0.05) is 5.56 Å². The number of carbonyl (C=O) groups excluding carboxylic acids is 1. The van der Waals surface area contributed by atoms with E-state index in [-0.39, 0.29) is 18.2 Å². The minimum atomic E-state index is -0.299. The molecule has 0 bridgehead atoms. The maximum Gasteiger partial charge on any atom is 0.200 e. The summed E-state index contributed by atoms with van der Waals surface area (Å²) in [5, 5.41) is 0. The van der Waals surface area contributed by atoms with Gasteiger partial charge in [-0.15, -0.1) is 0 Å². The predicted molar refractivity (Wildman–Crippen MR) is 84.0 cm³/mol. The Morgan fingerprint density at radius 1 is 1.09 bits per heavy atom. The maximum atomic E-state index is 13.2. The van der Waals surface area contributed by atoms with E-state index in [4.69, 9.17) is 4.74 Å². The van der Waals surface area contributed by atoms with E-state index in [1.54, 1.807) is 13.0 Å². The van der Waals surface area contributed by atoms with Crippen LogP contribution in [0.3, 0.4) is 0 Å². The van der Waals surface area contributed by atoms with Crippen LogP contribution < -0.4 is 4.74 Å². The molecule has 0 unspecified atom stereocenters. The first-order valence-electron chi connectivity index (χ1n) is 7.67. The number of hydrogen-bond acceptors (Lipinski definition) is 2. The molecule has 0 atom stereocenters. The first kappa shape index (κ1) is 14.8. The molecule has 2 aromatic carbocycles. The second-order valence-electron chi connectivity index (χ2n) is 5.81. The van der Waals surface area contributed by atoms with Crippen LogP contribution in [0.2, 0.25) is 0 Å². The zero-order chi connectivity index (χ0) is 15.5. The minimum absolute atomic E-state index is 0.0239. The number of rotatable bonds is 4. The lowest BCUT2D eigenvalue weighted by Gasteiger charge is -2.16. The van der Waals surface area contributed by atoms with Gasteiger partial charge in [0.05, 0.1) is 0 Å². The van der Waals surface area contributed by atoms with Crippen molar-refractivity contribution in [1.82, 2.24) is 0 Å². The average molecular weight is 298 g/mol. The number of ketones is 1. The smallest absolute Gasteiger partial charge is 0.200 e. The minimum Gasteiger partial charge on any atom is -0.485 e. The molecule has 0 aliphatic heterocycles. The Labute approximate surface area is 129 Å². The van der Waals surface area contributed by atoms with Crippen molar-refractivity contribution in [1.29, 1.82) is 0 Å². The summed E-state index contributed by atoms with van der Waals surface area (Å²) in [6.45, 7) is 1.63. The van der Waals surface area contributed by atoms with Crippen molar-refractivity contribution in [3.8, 4) is 5.75 Å². The Morgan fingerprint density at radius 3 is 2.64 bits per heavy atom. The van der Waals surface area contributed by atoms with Gasteiger partial charge in [-0.3, -0.25) is 4.79 Å². The van der Waals surface area contributed by atoms with Crippen LogP contribution in [-0.4, -0.2) is 12.4 Å². The predicted octanol–water partition coefficient (Wildman–Crippen LogP) is 4.27. The van der Waals surface area contributed by atoms with Crippen LogP contribution in [-0.2, 0) is 12.8 Å². The Balaban J connectivity index is 1.66. The highest BCUT2D eigenvalue weighted by Crippen LogP contribution is 2.25. The number of ether oxygens (including phenoxy) is 1. The topological polar surface area (TPSA) is 26.3 Å². The van der Waals surface area contributed by atoms with Crippen molar-refractivity contribution >= 4 is 5.78 Å². The molecule has 0 saturated heterocycles. The maximum absolute atomic E-state index is 13.2. The molecule has 3 heteroatoms. The summed E-state index contributed by atoms with van der Waals surface area (Å²) in [6.07, 6.45) is 4.67. The first-order chi connectivity index (χ1) is 10.6. The van der Waals surface area contributed by atoms with Crippen LogP contribution in [0.5, 0.6) is 5.75 Å². The molecule has 0 spiro atoms. The van der Waals surface area contributed by atoms with Crippen LogP contribution in [0, 0.1) is 12.7 Å². The number of aryl methyl sites for hydroxylation is 3. The molecule has 0 saturated carbocycles. The average Bonchev–Trinajstić information content (AvgIpc) is 2.55. The van der Waals surface area contributed by atoms with Crippen LogP contribution in [0.15, 0.2) is 36.4 Å². The van der Waals surface area contributed by atoms with Crippen molar-refractivity contribution in [3.05, 3.63) is 64.5 Å². The van der Waals surface area contributed by atoms with Crippen LogP contribution in [0.25, 0.3) is 0 Å². The summed E-state index contributed by atoms with van der Waals surface area (Å²) in [5.41, 5.74) is 3.67. The first-order valence-corrected chi connectivity index (χ1v) is 7.67. The highest BCUT2D eigenvalue weighted by Gasteiger charge is 2.12. The second-order valence-corrected chi connectivity index (χ2v) is 5.81. The van der Waals surface area contributed by atoms with E-state index in [0.29, 0.717) is 11.1 Å². The third kappa shape index (κ3) is 3.19. The summed E-state index contributed by atoms with van der Waals surface area (Å²) in [4.78, 5) is 12.1. The van der Waals surface area contributed by atoms with Crippen molar-refractivity contribution in [3.63, 3.8) is 0 Å². The van der Waals surface area contributed by atoms with Crippen molar-refractivity contribution in [2.24, 2.45) is 0 Å². The molecule has 0 amide bonds. The SMILES string of the molecule is Cc1cc(C(=O)COc2ccc3c(c2)CCCC3)ccc1F. The zero-order valence-electron chi connectivity index (χ0n) is 12.7. The Morgan fingerprint density at radius 2 is 1.86 bits per heavy atom. The second kappa shape index (κ2) is 6.30. The standard InChI is InChI=1S/C19H19FO2/c1-13-10-16(7-9-18(13)20)19(21)12-22-17-8-6-14-4-2-3-5-15(14)11-17/h6-11H,2-5,12H2,1H3. The molecule has 0 radical (unpaired) electrons. The molecular weight excluding hydrogens is 279 g/mol. The van der Waals surface area contributed by atoms with Crippen molar-refractivity contribution in [2.45, 2.75) is 32.6 Å². The summed E-state index contributed by atoms with van der Waals surface area (Å²) in [5.74, 6) is 0.292. The van der Waals surface area contributed by atoms with Gasteiger partial charge in [-0.2, -0.15) is 0 Å². The molecule has 114 valence electrons. The van der Waals surface area contributed by atoms with Crippen molar-refractivity contribution in [2.75, 3.05) is 6.61 Å². The summed E-state index contributed by atoms with van der Waals surface area (Å²) in [6, 6.07) is 10.4. The molecule has 1 aliphatic carbocycles. The molecule has 0 fully saturated rings. The van der Waals surface area contributed by atoms with Gasteiger partial charge in [0.25, 0.3) is 0 Å². The van der Waals surface area contributed by atoms with Gasteiger partial charge in [-0.05, 0) is 79.6 Å². The Hall–Kier alpha value is -2.16. The van der Waals surface area contributed by atoms with Crippen LogP contribution >= 0.6 is 0 Å². The highest BCUT2D eigenvalue weighted by atomic mass is 19.1. The van der Waals surface area contributed by atoms with E-state index in [2.05, 4.69) is 6.07 Å². The fourth-order valence-electron chi connectivity index (χ4n) is 2.85. The van der Waals surface area contributed by atoms with E-state index in [0.717, 1.165) is 18.6 Å². The fraction of sp³-hybridized carbons (Fsp3) is 0.316. The number of fused-ring (bicyclic) bond motifs is 1. The monoisotopic (exact) mass is 298 g/mol. The van der Waals surface area contributed by atoms with Gasteiger partial charge < -0.3 is 4.74 Å². The Kier molecular flexibility index (Phi) is 4.23. The van der Waals surface area contributed by atoms with Gasteiger partial charge in [0.15, 0.2) is 12.4 Å². The van der Waals surface area contributed by atoms with E-state index in [9.17, 15) is 9.18 Å². The van der Waals surface area contributed by atoms with E-state index < -0.39 is 0 Å². The lowest BCUT2D eigenvalue weighted by atomic mass is 9.92. The molecule has 3 rings (SSSR count). The highest BCUT2D eigenvalue weighted by molar-refractivity contribution is 5.97. The number of carbonyl (C=O) groups is 1. The molecule has 22 heavy (non-hydrogen) atoms. The van der Waals surface area contributed by atoms with Crippen LogP contribution in [0.1, 0.15) is 39.9 Å². The third-order valence-electron chi connectivity index (χ3n) is 4.17. The van der Waals surface area contributed by atoms with E-state index in [1.165, 1.54) is 36.1 Å². The summed E-state index contributed by atoms with van der Waals surface area (Å²) in [7, 11) is 0. The van der Waals surface area contributed by atoms with Gasteiger partial charge in [0.2, 0.25) is 0 Å². The van der Waals surface area contributed by atoms with Gasteiger partial charge in [-0.25, -0.2) is 4.39 Å². The molecule has 0 heterocycles. The summed E-state index contributed by atoms with van der Waals surface area (Å²) >= 11 is 0. The van der Waals surface area contributed by atoms with Gasteiger partial charge >= 0.3 is 0 Å². The lowest BCUT2D eigenvalue weighted by Crippen LogP contribution is -2.12. The van der Waals surface area contributed by atoms with E-state index >= 15 is 0 Å². The van der Waals surface area contributed by atoms with Gasteiger partial charge in [0.1, 0.15) is 11.6 Å². The zero-order valence-corrected chi connectivity index (χ0v) is 12.7. The fourth-order valence-corrected chi connectivity index (χ4v) is 2.85. The molecular formula is C19H19FO2. The van der Waals surface area contributed by atoms with Crippen LogP contribution in [0.4, 0.5) is 4.39 Å². The van der Waals surface area contributed by atoms with Gasteiger partial charge in [-0.1, -0.05) is 6.07 Å².